The largest absolute Gasteiger partial charge is 0.380 e. The van der Waals surface area contributed by atoms with E-state index in [-0.39, 0.29) is 0 Å². The standard InChI is InChI=1S/C12H20N6/c1-4-9(5-2)8-18-11(12(13)15-16-18)10-6-7-14-17(10)3/h6-7,9H,4-5,8,13H2,1-3H3. The first-order valence-electron chi connectivity index (χ1n) is 6.34. The summed E-state index contributed by atoms with van der Waals surface area (Å²) in [6.07, 6.45) is 4.01. The van der Waals surface area contributed by atoms with Gasteiger partial charge in [-0.3, -0.25) is 4.68 Å². The molecule has 0 saturated heterocycles. The Morgan fingerprint density at radius 1 is 1.33 bits per heavy atom. The molecular weight excluding hydrogens is 228 g/mol. The minimum atomic E-state index is 0.463. The van der Waals surface area contributed by atoms with Gasteiger partial charge in [-0.25, -0.2) is 4.68 Å². The third-order valence-corrected chi connectivity index (χ3v) is 3.41. The van der Waals surface area contributed by atoms with Gasteiger partial charge in [-0.15, -0.1) is 5.10 Å². The molecule has 0 aliphatic carbocycles. The van der Waals surface area contributed by atoms with Gasteiger partial charge in [0.1, 0.15) is 5.69 Å². The summed E-state index contributed by atoms with van der Waals surface area (Å²) < 4.78 is 3.68. The first-order valence-corrected chi connectivity index (χ1v) is 6.34. The highest BCUT2D eigenvalue weighted by atomic mass is 15.5. The molecule has 2 aromatic heterocycles. The summed E-state index contributed by atoms with van der Waals surface area (Å²) in [6, 6.07) is 1.93. The molecule has 98 valence electrons. The third-order valence-electron chi connectivity index (χ3n) is 3.41. The van der Waals surface area contributed by atoms with Crippen molar-refractivity contribution in [2.75, 3.05) is 5.73 Å². The number of anilines is 1. The van der Waals surface area contributed by atoms with Crippen LogP contribution in [0.4, 0.5) is 5.82 Å². The van der Waals surface area contributed by atoms with E-state index in [4.69, 9.17) is 5.73 Å². The molecule has 0 bridgehead atoms. The van der Waals surface area contributed by atoms with Crippen LogP contribution in [0.1, 0.15) is 26.7 Å². The van der Waals surface area contributed by atoms with E-state index in [2.05, 4.69) is 29.3 Å². The molecule has 0 fully saturated rings. The Hall–Kier alpha value is -1.85. The van der Waals surface area contributed by atoms with Crippen molar-refractivity contribution in [1.82, 2.24) is 24.8 Å². The Kier molecular flexibility index (Phi) is 3.64. The van der Waals surface area contributed by atoms with E-state index in [1.807, 2.05) is 17.8 Å². The van der Waals surface area contributed by atoms with Crippen LogP contribution in [-0.4, -0.2) is 24.8 Å². The number of nitrogens with two attached hydrogens (primary N) is 1. The van der Waals surface area contributed by atoms with Crippen molar-refractivity contribution in [3.05, 3.63) is 12.3 Å². The molecule has 0 saturated carbocycles. The highest BCUT2D eigenvalue weighted by Crippen LogP contribution is 2.24. The van der Waals surface area contributed by atoms with Crippen molar-refractivity contribution in [3.8, 4) is 11.4 Å². The number of aromatic nitrogens is 5. The van der Waals surface area contributed by atoms with Gasteiger partial charge in [0.25, 0.3) is 0 Å². The molecule has 0 spiro atoms. The second-order valence-electron chi connectivity index (χ2n) is 4.53. The lowest BCUT2D eigenvalue weighted by Gasteiger charge is -2.14. The van der Waals surface area contributed by atoms with Gasteiger partial charge in [0.2, 0.25) is 0 Å². The monoisotopic (exact) mass is 248 g/mol. The number of hydrogen-bond donors (Lipinski definition) is 1. The zero-order valence-electron chi connectivity index (χ0n) is 11.2. The van der Waals surface area contributed by atoms with E-state index < -0.39 is 0 Å². The van der Waals surface area contributed by atoms with Gasteiger partial charge in [-0.1, -0.05) is 31.9 Å². The summed E-state index contributed by atoms with van der Waals surface area (Å²) in [5.41, 5.74) is 7.74. The summed E-state index contributed by atoms with van der Waals surface area (Å²) in [7, 11) is 1.89. The van der Waals surface area contributed by atoms with Crippen molar-refractivity contribution in [3.63, 3.8) is 0 Å². The molecule has 6 nitrogen and oxygen atoms in total. The Labute approximate surface area is 107 Å². The average Bonchev–Trinajstić information content (AvgIpc) is 2.92. The Morgan fingerprint density at radius 2 is 2.06 bits per heavy atom. The zero-order valence-corrected chi connectivity index (χ0v) is 11.2. The maximum atomic E-state index is 5.92. The van der Waals surface area contributed by atoms with Crippen LogP contribution < -0.4 is 5.73 Å². The van der Waals surface area contributed by atoms with Crippen molar-refractivity contribution < 1.29 is 0 Å². The van der Waals surface area contributed by atoms with Crippen LogP contribution in [0.2, 0.25) is 0 Å². The first kappa shape index (κ1) is 12.6. The second kappa shape index (κ2) is 5.20. The minimum absolute atomic E-state index is 0.463. The lowest BCUT2D eigenvalue weighted by molar-refractivity contribution is 0.392. The maximum absolute atomic E-state index is 5.92. The molecule has 2 N–H and O–H groups in total. The summed E-state index contributed by atoms with van der Waals surface area (Å²) >= 11 is 0. The summed E-state index contributed by atoms with van der Waals surface area (Å²) in [6.45, 7) is 5.23. The number of aryl methyl sites for hydroxylation is 1. The Balaban J connectivity index is 2.36. The van der Waals surface area contributed by atoms with Crippen molar-refractivity contribution in [2.24, 2.45) is 13.0 Å². The second-order valence-corrected chi connectivity index (χ2v) is 4.53. The lowest BCUT2D eigenvalue weighted by atomic mass is 10.0. The van der Waals surface area contributed by atoms with Gasteiger partial charge in [0.15, 0.2) is 5.82 Å². The van der Waals surface area contributed by atoms with E-state index in [1.165, 1.54) is 0 Å². The average molecular weight is 248 g/mol. The quantitative estimate of drug-likeness (QED) is 0.873. The van der Waals surface area contributed by atoms with E-state index in [0.717, 1.165) is 30.8 Å². The molecule has 0 atom stereocenters. The lowest BCUT2D eigenvalue weighted by Crippen LogP contribution is -2.13. The molecule has 6 heteroatoms. The van der Waals surface area contributed by atoms with E-state index >= 15 is 0 Å². The number of nitrogen functional groups attached to an aromatic ring is 1. The Morgan fingerprint density at radius 3 is 2.61 bits per heavy atom. The van der Waals surface area contributed by atoms with Crippen LogP contribution in [0.5, 0.6) is 0 Å². The highest BCUT2D eigenvalue weighted by Gasteiger charge is 2.17. The first-order chi connectivity index (χ1) is 8.67. The molecule has 2 heterocycles. The SMILES string of the molecule is CCC(CC)Cn1nnc(N)c1-c1ccnn1C. The van der Waals surface area contributed by atoms with Crippen LogP contribution in [0.15, 0.2) is 12.3 Å². The number of nitrogens with zero attached hydrogens (tertiary/aromatic N) is 5. The molecule has 0 radical (unpaired) electrons. The van der Waals surface area contributed by atoms with Gasteiger partial charge in [-0.2, -0.15) is 5.10 Å². The van der Waals surface area contributed by atoms with Crippen LogP contribution in [0.25, 0.3) is 11.4 Å². The van der Waals surface area contributed by atoms with Crippen molar-refractivity contribution in [1.29, 1.82) is 0 Å². The van der Waals surface area contributed by atoms with E-state index in [9.17, 15) is 0 Å². The van der Waals surface area contributed by atoms with Crippen LogP contribution in [0, 0.1) is 5.92 Å². The number of hydrogen-bond acceptors (Lipinski definition) is 4. The van der Waals surface area contributed by atoms with Gasteiger partial charge in [-0.05, 0) is 12.0 Å². The molecule has 0 aliphatic rings. The van der Waals surface area contributed by atoms with Gasteiger partial charge in [0.05, 0.1) is 5.69 Å². The molecular formula is C12H20N6. The van der Waals surface area contributed by atoms with Gasteiger partial charge < -0.3 is 5.73 Å². The zero-order chi connectivity index (χ0) is 13.1. The molecule has 2 rings (SSSR count). The maximum Gasteiger partial charge on any atom is 0.175 e. The fourth-order valence-corrected chi connectivity index (χ4v) is 2.12. The Bertz CT molecular complexity index is 508. The normalized spacial score (nSPS) is 11.3. The summed E-state index contributed by atoms with van der Waals surface area (Å²) in [5.74, 6) is 1.06. The molecule has 0 aromatic carbocycles. The number of rotatable bonds is 5. The van der Waals surface area contributed by atoms with Crippen molar-refractivity contribution >= 4 is 5.82 Å². The minimum Gasteiger partial charge on any atom is -0.380 e. The van der Waals surface area contributed by atoms with Gasteiger partial charge in [0, 0.05) is 19.8 Å². The molecule has 18 heavy (non-hydrogen) atoms. The molecule has 0 unspecified atom stereocenters. The fourth-order valence-electron chi connectivity index (χ4n) is 2.12. The predicted octanol–water partition coefficient (Wildman–Crippen LogP) is 1.70. The topological polar surface area (TPSA) is 74.6 Å². The third kappa shape index (κ3) is 2.23. The van der Waals surface area contributed by atoms with Crippen LogP contribution in [-0.2, 0) is 13.6 Å². The van der Waals surface area contributed by atoms with Gasteiger partial charge >= 0.3 is 0 Å². The van der Waals surface area contributed by atoms with Crippen LogP contribution in [0.3, 0.4) is 0 Å². The van der Waals surface area contributed by atoms with E-state index in [1.54, 1.807) is 10.9 Å². The molecule has 0 aliphatic heterocycles. The summed E-state index contributed by atoms with van der Waals surface area (Å²) in [5, 5.41) is 12.3. The molecule has 2 aromatic rings. The summed E-state index contributed by atoms with van der Waals surface area (Å²) in [4.78, 5) is 0. The highest BCUT2D eigenvalue weighted by molar-refractivity contribution is 5.66. The molecule has 0 amide bonds. The van der Waals surface area contributed by atoms with Crippen LogP contribution >= 0.6 is 0 Å². The van der Waals surface area contributed by atoms with Crippen molar-refractivity contribution in [2.45, 2.75) is 33.2 Å². The smallest absolute Gasteiger partial charge is 0.175 e. The predicted molar refractivity (Wildman–Crippen MR) is 70.7 cm³/mol. The van der Waals surface area contributed by atoms with E-state index in [0.29, 0.717) is 11.7 Å². The fraction of sp³-hybridized carbons (Fsp3) is 0.583.